The molecule has 0 radical (unpaired) electrons. The predicted molar refractivity (Wildman–Crippen MR) is 72.8 cm³/mol. The van der Waals surface area contributed by atoms with E-state index in [2.05, 4.69) is 46.4 Å². The molecule has 96 valence electrons. The highest BCUT2D eigenvalue weighted by Gasteiger charge is 2.32. The van der Waals surface area contributed by atoms with E-state index in [1.165, 1.54) is 5.96 Å². The Morgan fingerprint density at radius 2 is 1.31 bits per heavy atom. The summed E-state index contributed by atoms with van der Waals surface area (Å²) in [5.41, 5.74) is 0. The number of quaternary nitrogens is 1. The van der Waals surface area contributed by atoms with Crippen LogP contribution in [0.15, 0.2) is 4.99 Å². The molecular formula is C13H30N3+. The Bertz CT molecular complexity index is 195. The molecule has 16 heavy (non-hydrogen) atoms. The molecule has 0 aliphatic rings. The van der Waals surface area contributed by atoms with E-state index in [0.717, 1.165) is 43.8 Å². The standard InChI is InChI=1S/C13H30N3/c1-7-14-13(15(8-2)9-3)16(10-4,11-5)12-6/h7-12H2,1-6H3/q+1/b14-13+. The van der Waals surface area contributed by atoms with Crippen LogP contribution in [0.2, 0.25) is 0 Å². The summed E-state index contributed by atoms with van der Waals surface area (Å²) in [5, 5.41) is 0. The van der Waals surface area contributed by atoms with Crippen molar-refractivity contribution < 1.29 is 4.48 Å². The van der Waals surface area contributed by atoms with Gasteiger partial charge < -0.3 is 4.90 Å². The van der Waals surface area contributed by atoms with Gasteiger partial charge in [0.05, 0.1) is 19.6 Å². The summed E-state index contributed by atoms with van der Waals surface area (Å²) in [6, 6.07) is 0. The Morgan fingerprint density at radius 1 is 0.875 bits per heavy atom. The van der Waals surface area contributed by atoms with Gasteiger partial charge in [-0.05, 0) is 41.5 Å². The number of hydrogen-bond acceptors (Lipinski definition) is 1. The van der Waals surface area contributed by atoms with Crippen LogP contribution in [-0.4, -0.2) is 54.6 Å². The average Bonchev–Trinajstić information content (AvgIpc) is 2.33. The summed E-state index contributed by atoms with van der Waals surface area (Å²) >= 11 is 0. The van der Waals surface area contributed by atoms with Crippen LogP contribution >= 0.6 is 0 Å². The van der Waals surface area contributed by atoms with E-state index < -0.39 is 0 Å². The van der Waals surface area contributed by atoms with Gasteiger partial charge >= 0.3 is 0 Å². The maximum atomic E-state index is 4.77. The Morgan fingerprint density at radius 3 is 1.56 bits per heavy atom. The number of hydrogen-bond donors (Lipinski definition) is 0. The Balaban J connectivity index is 5.22. The van der Waals surface area contributed by atoms with Gasteiger partial charge in [0, 0.05) is 19.6 Å². The molecule has 0 atom stereocenters. The summed E-state index contributed by atoms with van der Waals surface area (Å²) in [6.07, 6.45) is 0. The lowest BCUT2D eigenvalue weighted by Crippen LogP contribution is -2.59. The van der Waals surface area contributed by atoms with Gasteiger partial charge in [0.25, 0.3) is 5.96 Å². The van der Waals surface area contributed by atoms with E-state index in [4.69, 9.17) is 4.99 Å². The van der Waals surface area contributed by atoms with Gasteiger partial charge in [0.1, 0.15) is 0 Å². The smallest absolute Gasteiger partial charge is 0.300 e. The second-order valence-electron chi connectivity index (χ2n) is 4.04. The van der Waals surface area contributed by atoms with Crippen molar-refractivity contribution in [2.24, 2.45) is 4.99 Å². The molecule has 0 amide bonds. The summed E-state index contributed by atoms with van der Waals surface area (Å²) in [5.74, 6) is 1.28. The first-order valence-corrected chi connectivity index (χ1v) is 6.81. The van der Waals surface area contributed by atoms with Gasteiger partial charge in [-0.25, -0.2) is 4.99 Å². The minimum Gasteiger partial charge on any atom is -0.312 e. The second kappa shape index (κ2) is 7.66. The van der Waals surface area contributed by atoms with E-state index in [1.54, 1.807) is 0 Å². The molecule has 0 rings (SSSR count). The van der Waals surface area contributed by atoms with Crippen molar-refractivity contribution in [1.82, 2.24) is 4.90 Å². The van der Waals surface area contributed by atoms with E-state index >= 15 is 0 Å². The van der Waals surface area contributed by atoms with Crippen LogP contribution in [0.1, 0.15) is 41.5 Å². The van der Waals surface area contributed by atoms with Crippen LogP contribution < -0.4 is 0 Å². The monoisotopic (exact) mass is 228 g/mol. The summed E-state index contributed by atoms with van der Waals surface area (Å²) < 4.78 is 1.01. The molecule has 3 heteroatoms. The summed E-state index contributed by atoms with van der Waals surface area (Å²) in [4.78, 5) is 7.17. The first-order chi connectivity index (χ1) is 7.65. The van der Waals surface area contributed by atoms with Crippen LogP contribution in [0.3, 0.4) is 0 Å². The normalized spacial score (nSPS) is 13.0. The quantitative estimate of drug-likeness (QED) is 0.387. The lowest BCUT2D eigenvalue weighted by Gasteiger charge is -2.39. The fourth-order valence-corrected chi connectivity index (χ4v) is 2.29. The zero-order valence-corrected chi connectivity index (χ0v) is 12.1. The van der Waals surface area contributed by atoms with Gasteiger partial charge in [0.15, 0.2) is 0 Å². The number of aliphatic imine (C=N–C) groups is 1. The second-order valence-corrected chi connectivity index (χ2v) is 4.04. The first kappa shape index (κ1) is 15.4. The fraction of sp³-hybridized carbons (Fsp3) is 0.923. The molecule has 0 N–H and O–H groups in total. The van der Waals surface area contributed by atoms with Gasteiger partial charge in [-0.3, -0.25) is 4.48 Å². The van der Waals surface area contributed by atoms with Crippen LogP contribution in [0, 0.1) is 0 Å². The highest BCUT2D eigenvalue weighted by molar-refractivity contribution is 5.73. The molecule has 0 saturated heterocycles. The minimum atomic E-state index is 0.881. The Hall–Kier alpha value is -0.570. The third-order valence-corrected chi connectivity index (χ3v) is 3.59. The zero-order valence-electron chi connectivity index (χ0n) is 12.1. The van der Waals surface area contributed by atoms with Crippen molar-refractivity contribution in [3.05, 3.63) is 0 Å². The molecule has 0 unspecified atom stereocenters. The highest BCUT2D eigenvalue weighted by atomic mass is 15.5. The fourth-order valence-electron chi connectivity index (χ4n) is 2.29. The average molecular weight is 228 g/mol. The maximum Gasteiger partial charge on any atom is 0.300 e. The van der Waals surface area contributed by atoms with Crippen molar-refractivity contribution in [2.75, 3.05) is 39.3 Å². The van der Waals surface area contributed by atoms with E-state index in [0.29, 0.717) is 0 Å². The van der Waals surface area contributed by atoms with E-state index in [9.17, 15) is 0 Å². The van der Waals surface area contributed by atoms with Crippen LogP contribution in [0.25, 0.3) is 0 Å². The largest absolute Gasteiger partial charge is 0.312 e. The van der Waals surface area contributed by atoms with Gasteiger partial charge in [-0.15, -0.1) is 0 Å². The molecule has 0 aliphatic carbocycles. The van der Waals surface area contributed by atoms with E-state index in [-0.39, 0.29) is 0 Å². The lowest BCUT2D eigenvalue weighted by molar-refractivity contribution is -0.841. The lowest BCUT2D eigenvalue weighted by atomic mass is 10.3. The summed E-state index contributed by atoms with van der Waals surface area (Å²) in [6.45, 7) is 19.7. The van der Waals surface area contributed by atoms with Crippen molar-refractivity contribution >= 4 is 5.96 Å². The molecule has 0 spiro atoms. The molecule has 3 nitrogen and oxygen atoms in total. The highest BCUT2D eigenvalue weighted by Crippen LogP contribution is 2.12. The van der Waals surface area contributed by atoms with Crippen molar-refractivity contribution in [2.45, 2.75) is 41.5 Å². The topological polar surface area (TPSA) is 15.6 Å². The van der Waals surface area contributed by atoms with Crippen LogP contribution in [0.5, 0.6) is 0 Å². The molecule has 0 heterocycles. The molecular weight excluding hydrogens is 198 g/mol. The van der Waals surface area contributed by atoms with Gasteiger partial charge in [-0.1, -0.05) is 0 Å². The number of rotatable bonds is 6. The minimum absolute atomic E-state index is 0.881. The molecule has 0 aromatic heterocycles. The van der Waals surface area contributed by atoms with Crippen LogP contribution in [0.4, 0.5) is 0 Å². The first-order valence-electron chi connectivity index (χ1n) is 6.81. The zero-order chi connectivity index (χ0) is 12.6. The van der Waals surface area contributed by atoms with Gasteiger partial charge in [-0.2, -0.15) is 0 Å². The molecule has 0 aliphatic heterocycles. The van der Waals surface area contributed by atoms with Gasteiger partial charge in [0.2, 0.25) is 0 Å². The predicted octanol–water partition coefficient (Wildman–Crippen LogP) is 2.58. The Kier molecular flexibility index (Phi) is 7.39. The summed E-state index contributed by atoms with van der Waals surface area (Å²) in [7, 11) is 0. The molecule has 0 saturated carbocycles. The molecule has 0 aromatic rings. The van der Waals surface area contributed by atoms with Crippen molar-refractivity contribution in [1.29, 1.82) is 0 Å². The van der Waals surface area contributed by atoms with Crippen LogP contribution in [-0.2, 0) is 0 Å². The third-order valence-electron chi connectivity index (χ3n) is 3.59. The number of nitrogens with zero attached hydrogens (tertiary/aromatic N) is 3. The molecule has 0 fully saturated rings. The third kappa shape index (κ3) is 3.21. The number of guanidine groups is 1. The maximum absolute atomic E-state index is 4.77. The Labute approximate surface area is 102 Å². The van der Waals surface area contributed by atoms with Crippen molar-refractivity contribution in [3.63, 3.8) is 0 Å². The molecule has 0 aromatic carbocycles. The van der Waals surface area contributed by atoms with Crippen molar-refractivity contribution in [3.8, 4) is 0 Å². The SMILES string of the molecule is CC/N=C(\N(CC)CC)[N+](CC)(CC)CC. The molecule has 0 bridgehead atoms. The van der Waals surface area contributed by atoms with E-state index in [1.807, 2.05) is 0 Å².